The van der Waals surface area contributed by atoms with Crippen LogP contribution in [0.5, 0.6) is 0 Å². The van der Waals surface area contributed by atoms with E-state index in [4.69, 9.17) is 9.47 Å². The van der Waals surface area contributed by atoms with Crippen molar-refractivity contribution in [1.29, 1.82) is 0 Å². The number of quaternary nitrogens is 1. The third-order valence-electron chi connectivity index (χ3n) is 3.66. The fourth-order valence-electron chi connectivity index (χ4n) is 2.35. The molecule has 0 spiro atoms. The molecule has 0 saturated carbocycles. The number of rotatable bonds is 6. The van der Waals surface area contributed by atoms with Crippen LogP contribution < -0.4 is 10.2 Å². The minimum absolute atomic E-state index is 0.240. The number of alkyl halides is 3. The number of benzene rings is 1. The molecule has 0 radical (unpaired) electrons. The van der Waals surface area contributed by atoms with Gasteiger partial charge in [0.15, 0.2) is 6.61 Å². The van der Waals surface area contributed by atoms with Gasteiger partial charge >= 0.3 is 12.1 Å². The lowest BCUT2D eigenvalue weighted by atomic mass is 10.1. The highest BCUT2D eigenvalue weighted by Gasteiger charge is 2.27. The lowest BCUT2D eigenvalue weighted by Gasteiger charge is -2.23. The average molecular weight is 361 g/mol. The number of carbonyl (C=O) groups is 2. The van der Waals surface area contributed by atoms with Crippen LogP contribution in [0.4, 0.5) is 13.2 Å². The molecule has 1 saturated heterocycles. The van der Waals surface area contributed by atoms with E-state index in [0.29, 0.717) is 0 Å². The van der Waals surface area contributed by atoms with Crippen LogP contribution in [0.15, 0.2) is 24.3 Å². The molecular formula is C16H20F3N2O4+. The van der Waals surface area contributed by atoms with Crippen LogP contribution in [0.1, 0.15) is 15.9 Å². The van der Waals surface area contributed by atoms with Crippen molar-refractivity contribution in [2.45, 2.75) is 12.7 Å². The second-order valence-corrected chi connectivity index (χ2v) is 5.70. The number of carbonyl (C=O) groups excluding carboxylic acids is 2. The number of amides is 1. The van der Waals surface area contributed by atoms with Gasteiger partial charge in [-0.25, -0.2) is 4.79 Å². The Bertz CT molecular complexity index is 584. The molecule has 2 N–H and O–H groups in total. The van der Waals surface area contributed by atoms with Gasteiger partial charge in [-0.2, -0.15) is 13.2 Å². The summed E-state index contributed by atoms with van der Waals surface area (Å²) in [6, 6.07) is 6.74. The predicted molar refractivity (Wildman–Crippen MR) is 81.0 cm³/mol. The van der Waals surface area contributed by atoms with E-state index in [1.165, 1.54) is 4.90 Å². The fourth-order valence-corrected chi connectivity index (χ4v) is 2.35. The number of ether oxygens (including phenoxy) is 2. The summed E-state index contributed by atoms with van der Waals surface area (Å²) in [6.07, 6.45) is -4.50. The number of hydrogen-bond donors (Lipinski definition) is 2. The van der Waals surface area contributed by atoms with Crippen molar-refractivity contribution in [3.63, 3.8) is 0 Å². The maximum Gasteiger partial charge on any atom is 0.405 e. The van der Waals surface area contributed by atoms with Crippen LogP contribution in [0, 0.1) is 0 Å². The quantitative estimate of drug-likeness (QED) is 0.697. The van der Waals surface area contributed by atoms with Crippen LogP contribution in [0.2, 0.25) is 0 Å². The Morgan fingerprint density at radius 3 is 2.40 bits per heavy atom. The molecular weight excluding hydrogens is 341 g/mol. The first-order valence-corrected chi connectivity index (χ1v) is 7.84. The number of morpholine rings is 1. The van der Waals surface area contributed by atoms with E-state index in [-0.39, 0.29) is 5.56 Å². The maximum absolute atomic E-state index is 12.0. The molecule has 1 aromatic carbocycles. The Hall–Kier alpha value is -2.13. The monoisotopic (exact) mass is 361 g/mol. The zero-order valence-corrected chi connectivity index (χ0v) is 13.5. The van der Waals surface area contributed by atoms with E-state index in [2.05, 4.69) is 0 Å². The topological polar surface area (TPSA) is 69.1 Å². The van der Waals surface area contributed by atoms with E-state index < -0.39 is 31.2 Å². The predicted octanol–water partition coefficient (Wildman–Crippen LogP) is -0.0630. The second kappa shape index (κ2) is 8.82. The summed E-state index contributed by atoms with van der Waals surface area (Å²) < 4.78 is 45.9. The summed E-state index contributed by atoms with van der Waals surface area (Å²) in [7, 11) is 0. The Balaban J connectivity index is 1.76. The average Bonchev–Trinajstić information content (AvgIpc) is 2.59. The van der Waals surface area contributed by atoms with E-state index in [1.807, 2.05) is 0 Å². The van der Waals surface area contributed by atoms with Crippen LogP contribution in [0.25, 0.3) is 0 Å². The SMILES string of the molecule is O=C(COC(=O)c1ccc(C[NH+]2CCOCC2)cc1)NCC(F)(F)F. The molecule has 9 heteroatoms. The molecule has 1 fully saturated rings. The second-order valence-electron chi connectivity index (χ2n) is 5.70. The number of nitrogens with one attached hydrogen (secondary N) is 2. The van der Waals surface area contributed by atoms with Crippen molar-refractivity contribution >= 4 is 11.9 Å². The lowest BCUT2D eigenvalue weighted by Crippen LogP contribution is -3.12. The minimum atomic E-state index is -4.50. The normalized spacial score (nSPS) is 15.6. The van der Waals surface area contributed by atoms with E-state index in [1.54, 1.807) is 29.6 Å². The van der Waals surface area contributed by atoms with Gasteiger partial charge in [-0.3, -0.25) is 4.79 Å². The highest BCUT2D eigenvalue weighted by Crippen LogP contribution is 2.12. The summed E-state index contributed by atoms with van der Waals surface area (Å²) in [5.41, 5.74) is 1.29. The van der Waals surface area contributed by atoms with Gasteiger partial charge in [-0.15, -0.1) is 0 Å². The molecule has 138 valence electrons. The van der Waals surface area contributed by atoms with Crippen LogP contribution in [-0.2, 0) is 20.8 Å². The molecule has 25 heavy (non-hydrogen) atoms. The van der Waals surface area contributed by atoms with Gasteiger partial charge in [0.1, 0.15) is 26.2 Å². The molecule has 1 amide bonds. The van der Waals surface area contributed by atoms with Crippen LogP contribution >= 0.6 is 0 Å². The van der Waals surface area contributed by atoms with Gasteiger partial charge in [-0.1, -0.05) is 12.1 Å². The number of hydrogen-bond acceptors (Lipinski definition) is 4. The Morgan fingerprint density at radius 2 is 1.80 bits per heavy atom. The van der Waals surface area contributed by atoms with Crippen molar-refractivity contribution < 1.29 is 37.1 Å². The van der Waals surface area contributed by atoms with Gasteiger partial charge in [0.2, 0.25) is 0 Å². The molecule has 0 aromatic heterocycles. The first-order chi connectivity index (χ1) is 11.8. The molecule has 1 aliphatic heterocycles. The van der Waals surface area contributed by atoms with Crippen molar-refractivity contribution in [3.05, 3.63) is 35.4 Å². The number of halogens is 3. The zero-order valence-electron chi connectivity index (χ0n) is 13.5. The summed E-state index contributed by atoms with van der Waals surface area (Å²) in [6.45, 7) is 1.93. The van der Waals surface area contributed by atoms with Crippen LogP contribution in [0.3, 0.4) is 0 Å². The lowest BCUT2D eigenvalue weighted by molar-refractivity contribution is -0.921. The molecule has 1 heterocycles. The summed E-state index contributed by atoms with van der Waals surface area (Å²) in [4.78, 5) is 24.4. The van der Waals surface area contributed by atoms with Crippen molar-refractivity contribution in [1.82, 2.24) is 5.32 Å². The van der Waals surface area contributed by atoms with Gasteiger partial charge < -0.3 is 19.7 Å². The van der Waals surface area contributed by atoms with Crippen LogP contribution in [-0.4, -0.2) is 57.5 Å². The van der Waals surface area contributed by atoms with Crippen molar-refractivity contribution in [2.75, 3.05) is 39.5 Å². The highest BCUT2D eigenvalue weighted by molar-refractivity contribution is 5.91. The Labute approximate surface area is 142 Å². The molecule has 1 aliphatic rings. The highest BCUT2D eigenvalue weighted by atomic mass is 19.4. The molecule has 1 aromatic rings. The van der Waals surface area contributed by atoms with Gasteiger partial charge in [-0.05, 0) is 12.1 Å². The third-order valence-corrected chi connectivity index (χ3v) is 3.66. The maximum atomic E-state index is 12.0. The van der Waals surface area contributed by atoms with Crippen molar-refractivity contribution in [2.24, 2.45) is 0 Å². The summed E-state index contributed by atoms with van der Waals surface area (Å²) in [5, 5.41) is 1.63. The van der Waals surface area contributed by atoms with Crippen molar-refractivity contribution in [3.8, 4) is 0 Å². The smallest absolute Gasteiger partial charge is 0.405 e. The molecule has 0 unspecified atom stereocenters. The standard InChI is InChI=1S/C16H19F3N2O4/c17-16(18,19)11-20-14(22)10-25-15(23)13-3-1-12(2-4-13)9-21-5-7-24-8-6-21/h1-4H,5-11H2,(H,20,22)/p+1. The van der Waals surface area contributed by atoms with E-state index in [0.717, 1.165) is 38.4 Å². The largest absolute Gasteiger partial charge is 0.452 e. The molecule has 6 nitrogen and oxygen atoms in total. The molecule has 0 bridgehead atoms. The van der Waals surface area contributed by atoms with Gasteiger partial charge in [0.05, 0.1) is 18.8 Å². The first-order valence-electron chi connectivity index (χ1n) is 7.84. The van der Waals surface area contributed by atoms with E-state index in [9.17, 15) is 22.8 Å². The zero-order chi connectivity index (χ0) is 18.3. The molecule has 2 rings (SSSR count). The first kappa shape index (κ1) is 19.2. The minimum Gasteiger partial charge on any atom is -0.452 e. The third kappa shape index (κ3) is 7.10. The van der Waals surface area contributed by atoms with E-state index >= 15 is 0 Å². The number of esters is 1. The Kier molecular flexibility index (Phi) is 6.77. The molecule has 0 aliphatic carbocycles. The fraction of sp³-hybridized carbons (Fsp3) is 0.500. The Morgan fingerprint density at radius 1 is 1.16 bits per heavy atom. The molecule has 0 atom stereocenters. The van der Waals surface area contributed by atoms with Gasteiger partial charge in [0, 0.05) is 5.56 Å². The van der Waals surface area contributed by atoms with Gasteiger partial charge in [0.25, 0.3) is 5.91 Å². The summed E-state index contributed by atoms with van der Waals surface area (Å²) >= 11 is 0. The summed E-state index contributed by atoms with van der Waals surface area (Å²) in [5.74, 6) is -1.76.